The predicted molar refractivity (Wildman–Crippen MR) is 84.6 cm³/mol. The van der Waals surface area contributed by atoms with Crippen LogP contribution in [-0.2, 0) is 16.0 Å². The number of nitrogens with zero attached hydrogens (tertiary/aromatic N) is 4. The van der Waals surface area contributed by atoms with Gasteiger partial charge in [-0.15, -0.1) is 0 Å². The van der Waals surface area contributed by atoms with Gasteiger partial charge in [-0.1, -0.05) is 0 Å². The summed E-state index contributed by atoms with van der Waals surface area (Å²) in [6.07, 6.45) is 5.40. The summed E-state index contributed by atoms with van der Waals surface area (Å²) in [7, 11) is 1.55. The van der Waals surface area contributed by atoms with Crippen molar-refractivity contribution >= 4 is 5.91 Å². The normalized spacial score (nSPS) is 17.7. The van der Waals surface area contributed by atoms with Crippen molar-refractivity contribution in [2.24, 2.45) is 5.92 Å². The molecule has 7 nitrogen and oxygen atoms in total. The maximum Gasteiger partial charge on any atom is 0.248 e. The standard InChI is InChI=1S/C16H21N5O2/c1-11-5-14(20-19-11)15-8-17-13(7-18-15)6-12-3-4-21(9-12)16(22)10-23-2/h5,7-8,12H,3-4,6,9-10H2,1-2H3,(H,19,20)/t12-/m0/s1. The molecule has 1 aliphatic heterocycles. The van der Waals surface area contributed by atoms with Gasteiger partial charge in [-0.3, -0.25) is 19.9 Å². The highest BCUT2D eigenvalue weighted by molar-refractivity contribution is 5.77. The molecule has 7 heteroatoms. The van der Waals surface area contributed by atoms with Crippen molar-refractivity contribution < 1.29 is 9.53 Å². The Bertz CT molecular complexity index is 667. The number of likely N-dealkylation sites (tertiary alicyclic amines) is 1. The van der Waals surface area contributed by atoms with E-state index in [0.29, 0.717) is 5.92 Å². The molecule has 0 saturated carbocycles. The number of rotatable bonds is 5. The van der Waals surface area contributed by atoms with Crippen LogP contribution in [0.2, 0.25) is 0 Å². The molecule has 0 bridgehead atoms. The van der Waals surface area contributed by atoms with E-state index in [1.54, 1.807) is 19.5 Å². The van der Waals surface area contributed by atoms with Gasteiger partial charge >= 0.3 is 0 Å². The van der Waals surface area contributed by atoms with Crippen LogP contribution < -0.4 is 0 Å². The van der Waals surface area contributed by atoms with Crippen LogP contribution in [0.1, 0.15) is 17.8 Å². The maximum absolute atomic E-state index is 11.8. The molecule has 0 unspecified atom stereocenters. The van der Waals surface area contributed by atoms with E-state index in [2.05, 4.69) is 20.2 Å². The molecule has 0 radical (unpaired) electrons. The fourth-order valence-corrected chi connectivity index (χ4v) is 2.88. The fourth-order valence-electron chi connectivity index (χ4n) is 2.88. The molecule has 2 aromatic rings. The Balaban J connectivity index is 1.58. The van der Waals surface area contributed by atoms with Crippen molar-refractivity contribution in [3.8, 4) is 11.4 Å². The summed E-state index contributed by atoms with van der Waals surface area (Å²) in [5, 5.41) is 7.08. The molecule has 1 fully saturated rings. The second-order valence-electron chi connectivity index (χ2n) is 5.96. The van der Waals surface area contributed by atoms with E-state index in [1.807, 2.05) is 17.9 Å². The minimum absolute atomic E-state index is 0.0605. The molecular formula is C16H21N5O2. The summed E-state index contributed by atoms with van der Waals surface area (Å²) < 4.78 is 4.90. The highest BCUT2D eigenvalue weighted by atomic mass is 16.5. The van der Waals surface area contributed by atoms with Gasteiger partial charge in [0, 0.05) is 32.1 Å². The molecule has 0 aliphatic carbocycles. The van der Waals surface area contributed by atoms with E-state index in [4.69, 9.17) is 4.74 Å². The Labute approximate surface area is 135 Å². The Hall–Kier alpha value is -2.28. The highest BCUT2D eigenvalue weighted by Gasteiger charge is 2.26. The van der Waals surface area contributed by atoms with E-state index in [-0.39, 0.29) is 12.5 Å². The van der Waals surface area contributed by atoms with Gasteiger partial charge in [0.05, 0.1) is 11.9 Å². The van der Waals surface area contributed by atoms with Crippen LogP contribution in [0.3, 0.4) is 0 Å². The summed E-state index contributed by atoms with van der Waals surface area (Å²) in [6.45, 7) is 3.68. The van der Waals surface area contributed by atoms with Crippen molar-refractivity contribution in [3.63, 3.8) is 0 Å². The van der Waals surface area contributed by atoms with Gasteiger partial charge in [0.2, 0.25) is 5.91 Å². The molecule has 122 valence electrons. The summed E-state index contributed by atoms with van der Waals surface area (Å²) in [5.74, 6) is 0.494. The first-order valence-electron chi connectivity index (χ1n) is 7.75. The summed E-state index contributed by atoms with van der Waals surface area (Å²) in [4.78, 5) is 22.6. The monoisotopic (exact) mass is 315 g/mol. The maximum atomic E-state index is 11.8. The number of hydrogen-bond acceptors (Lipinski definition) is 5. The van der Waals surface area contributed by atoms with Gasteiger partial charge in [0.25, 0.3) is 0 Å². The molecule has 1 amide bonds. The van der Waals surface area contributed by atoms with Gasteiger partial charge in [0.15, 0.2) is 0 Å². The van der Waals surface area contributed by atoms with Crippen LogP contribution in [-0.4, -0.2) is 57.8 Å². The lowest BCUT2D eigenvalue weighted by molar-refractivity contribution is -0.134. The zero-order valence-corrected chi connectivity index (χ0v) is 13.5. The van der Waals surface area contributed by atoms with Gasteiger partial charge in [-0.25, -0.2) is 0 Å². The summed E-state index contributed by atoms with van der Waals surface area (Å²) >= 11 is 0. The quantitative estimate of drug-likeness (QED) is 0.896. The number of carbonyl (C=O) groups excluding carboxylic acids is 1. The van der Waals surface area contributed by atoms with Crippen LogP contribution in [0.25, 0.3) is 11.4 Å². The minimum Gasteiger partial charge on any atom is -0.375 e. The Morgan fingerprint density at radius 3 is 2.91 bits per heavy atom. The molecule has 23 heavy (non-hydrogen) atoms. The van der Waals surface area contributed by atoms with Crippen LogP contribution in [0, 0.1) is 12.8 Å². The molecule has 2 aromatic heterocycles. The van der Waals surface area contributed by atoms with Crippen molar-refractivity contribution in [2.45, 2.75) is 19.8 Å². The van der Waals surface area contributed by atoms with Crippen LogP contribution in [0.4, 0.5) is 0 Å². The smallest absolute Gasteiger partial charge is 0.248 e. The SMILES string of the molecule is COCC(=O)N1CC[C@@H](Cc2cnc(-c3cc(C)[nH]n3)cn2)C1. The lowest BCUT2D eigenvalue weighted by Crippen LogP contribution is -2.31. The number of H-pyrrole nitrogens is 1. The zero-order valence-electron chi connectivity index (χ0n) is 13.5. The largest absolute Gasteiger partial charge is 0.375 e. The average molecular weight is 315 g/mol. The Morgan fingerprint density at radius 2 is 2.26 bits per heavy atom. The number of amides is 1. The molecule has 3 rings (SSSR count). The number of methoxy groups -OCH3 is 1. The number of aromatic amines is 1. The second-order valence-corrected chi connectivity index (χ2v) is 5.96. The third kappa shape index (κ3) is 3.73. The van der Waals surface area contributed by atoms with Crippen molar-refractivity contribution in [2.75, 3.05) is 26.8 Å². The third-order valence-electron chi connectivity index (χ3n) is 4.08. The molecule has 3 heterocycles. The molecule has 1 N–H and O–H groups in total. The van der Waals surface area contributed by atoms with E-state index < -0.39 is 0 Å². The second kappa shape index (κ2) is 6.87. The van der Waals surface area contributed by atoms with Crippen molar-refractivity contribution in [1.82, 2.24) is 25.1 Å². The van der Waals surface area contributed by atoms with E-state index in [9.17, 15) is 4.79 Å². The number of ether oxygens (including phenoxy) is 1. The van der Waals surface area contributed by atoms with Gasteiger partial charge in [-0.2, -0.15) is 5.10 Å². The number of hydrogen-bond donors (Lipinski definition) is 1. The van der Waals surface area contributed by atoms with Crippen molar-refractivity contribution in [1.29, 1.82) is 0 Å². The molecule has 0 spiro atoms. The lowest BCUT2D eigenvalue weighted by Gasteiger charge is -2.15. The summed E-state index contributed by atoms with van der Waals surface area (Å²) in [5.41, 5.74) is 3.52. The highest BCUT2D eigenvalue weighted by Crippen LogP contribution is 2.21. The predicted octanol–water partition coefficient (Wildman–Crippen LogP) is 1.21. The van der Waals surface area contributed by atoms with E-state index in [1.165, 1.54) is 0 Å². The number of nitrogens with one attached hydrogen (secondary N) is 1. The Morgan fingerprint density at radius 1 is 1.39 bits per heavy atom. The Kier molecular flexibility index (Phi) is 4.66. The van der Waals surface area contributed by atoms with E-state index >= 15 is 0 Å². The lowest BCUT2D eigenvalue weighted by atomic mass is 10.0. The van der Waals surface area contributed by atoms with Crippen LogP contribution in [0.5, 0.6) is 0 Å². The topological polar surface area (TPSA) is 84.0 Å². The first-order chi connectivity index (χ1) is 11.2. The minimum atomic E-state index is 0.0605. The van der Waals surface area contributed by atoms with Gasteiger partial charge < -0.3 is 9.64 Å². The number of aryl methyl sites for hydroxylation is 1. The van der Waals surface area contributed by atoms with Gasteiger partial charge in [-0.05, 0) is 31.7 Å². The molecule has 1 saturated heterocycles. The van der Waals surface area contributed by atoms with Crippen molar-refractivity contribution in [3.05, 3.63) is 29.8 Å². The van der Waals surface area contributed by atoms with Crippen LogP contribution >= 0.6 is 0 Å². The first-order valence-corrected chi connectivity index (χ1v) is 7.75. The zero-order chi connectivity index (χ0) is 16.2. The van der Waals surface area contributed by atoms with E-state index in [0.717, 1.165) is 48.7 Å². The van der Waals surface area contributed by atoms with Crippen LogP contribution in [0.15, 0.2) is 18.5 Å². The third-order valence-corrected chi connectivity index (χ3v) is 4.08. The first kappa shape index (κ1) is 15.6. The summed E-state index contributed by atoms with van der Waals surface area (Å²) in [6, 6.07) is 1.94. The number of carbonyl (C=O) groups is 1. The molecular weight excluding hydrogens is 294 g/mol. The molecule has 1 aliphatic rings. The number of aromatic nitrogens is 4. The molecule has 1 atom stereocenters. The van der Waals surface area contributed by atoms with Gasteiger partial charge in [0.1, 0.15) is 18.0 Å². The fraction of sp³-hybridized carbons (Fsp3) is 0.500. The average Bonchev–Trinajstić information content (AvgIpc) is 3.18. The molecule has 0 aromatic carbocycles.